The molecule has 0 unspecified atom stereocenters. The number of carbonyl (C=O) groups is 1. The molecule has 0 radical (unpaired) electrons. The van der Waals surface area contributed by atoms with Crippen molar-refractivity contribution in [2.75, 3.05) is 26.2 Å². The zero-order valence-corrected chi connectivity index (χ0v) is 13.9. The van der Waals surface area contributed by atoms with Crippen LogP contribution in [-0.2, 0) is 11.2 Å². The number of nitrogens with zero attached hydrogens (tertiary/aromatic N) is 1. The number of hydrogen-bond acceptors (Lipinski definition) is 2. The van der Waals surface area contributed by atoms with Gasteiger partial charge in [0.1, 0.15) is 0 Å². The summed E-state index contributed by atoms with van der Waals surface area (Å²) in [7, 11) is 0. The third-order valence-corrected chi connectivity index (χ3v) is 4.69. The van der Waals surface area contributed by atoms with E-state index in [0.29, 0.717) is 12.5 Å². The maximum absolute atomic E-state index is 12.1. The summed E-state index contributed by atoms with van der Waals surface area (Å²) in [5.41, 5.74) is 1.34. The summed E-state index contributed by atoms with van der Waals surface area (Å²) in [5.74, 6) is 0.887. The minimum Gasteiger partial charge on any atom is -0.355 e. The van der Waals surface area contributed by atoms with Crippen LogP contribution < -0.4 is 5.32 Å². The molecule has 22 heavy (non-hydrogen) atoms. The highest BCUT2D eigenvalue weighted by Crippen LogP contribution is 2.22. The lowest BCUT2D eigenvalue weighted by Crippen LogP contribution is -2.40. The highest BCUT2D eigenvalue weighted by Gasteiger charge is 2.15. The predicted octanol–water partition coefficient (Wildman–Crippen LogP) is 3.25. The van der Waals surface area contributed by atoms with Gasteiger partial charge < -0.3 is 5.32 Å². The molecule has 1 aromatic carbocycles. The Kier molecular flexibility index (Phi) is 7.44. The molecule has 0 aliphatic heterocycles. The first-order valence-corrected chi connectivity index (χ1v) is 8.81. The molecule has 122 valence electrons. The second-order valence-corrected chi connectivity index (χ2v) is 6.41. The van der Waals surface area contributed by atoms with Crippen molar-refractivity contribution in [3.8, 4) is 0 Å². The summed E-state index contributed by atoms with van der Waals surface area (Å²) < 4.78 is 0. The number of likely N-dealkylation sites (N-methyl/N-ethyl adjacent to an activating group) is 1. The SMILES string of the molecule is CCN(CCc1ccccc1)CC(=O)NCC1CCCCC1. The van der Waals surface area contributed by atoms with Gasteiger partial charge in [-0.2, -0.15) is 0 Å². The highest BCUT2D eigenvalue weighted by atomic mass is 16.2. The lowest BCUT2D eigenvalue weighted by atomic mass is 9.89. The van der Waals surface area contributed by atoms with E-state index >= 15 is 0 Å². The number of hydrogen-bond donors (Lipinski definition) is 1. The maximum Gasteiger partial charge on any atom is 0.234 e. The Hall–Kier alpha value is -1.35. The maximum atomic E-state index is 12.1. The van der Waals surface area contributed by atoms with Crippen molar-refractivity contribution in [2.45, 2.75) is 45.4 Å². The van der Waals surface area contributed by atoms with Crippen LogP contribution >= 0.6 is 0 Å². The van der Waals surface area contributed by atoms with Crippen LogP contribution in [0.25, 0.3) is 0 Å². The van der Waals surface area contributed by atoms with Crippen molar-refractivity contribution in [1.29, 1.82) is 0 Å². The van der Waals surface area contributed by atoms with E-state index in [2.05, 4.69) is 41.4 Å². The molecule has 1 aliphatic rings. The molecular formula is C19H30N2O. The fourth-order valence-electron chi connectivity index (χ4n) is 3.19. The first kappa shape index (κ1) is 17.0. The lowest BCUT2D eigenvalue weighted by molar-refractivity contribution is -0.122. The minimum absolute atomic E-state index is 0.181. The van der Waals surface area contributed by atoms with Gasteiger partial charge in [0, 0.05) is 13.1 Å². The Morgan fingerprint density at radius 3 is 2.59 bits per heavy atom. The van der Waals surface area contributed by atoms with E-state index in [4.69, 9.17) is 0 Å². The van der Waals surface area contributed by atoms with Crippen LogP contribution in [0.3, 0.4) is 0 Å². The average Bonchev–Trinajstić information content (AvgIpc) is 2.58. The number of rotatable bonds is 8. The van der Waals surface area contributed by atoms with E-state index in [9.17, 15) is 4.79 Å². The number of benzene rings is 1. The Bertz CT molecular complexity index is 426. The van der Waals surface area contributed by atoms with Crippen molar-refractivity contribution in [3.05, 3.63) is 35.9 Å². The predicted molar refractivity (Wildman–Crippen MR) is 91.8 cm³/mol. The topological polar surface area (TPSA) is 32.3 Å². The largest absolute Gasteiger partial charge is 0.355 e. The second-order valence-electron chi connectivity index (χ2n) is 6.41. The van der Waals surface area contributed by atoms with E-state index in [1.54, 1.807) is 0 Å². The molecule has 0 atom stereocenters. The van der Waals surface area contributed by atoms with Crippen molar-refractivity contribution in [3.63, 3.8) is 0 Å². The van der Waals surface area contributed by atoms with Gasteiger partial charge >= 0.3 is 0 Å². The van der Waals surface area contributed by atoms with Crippen molar-refractivity contribution in [2.24, 2.45) is 5.92 Å². The van der Waals surface area contributed by atoms with E-state index in [1.165, 1.54) is 37.7 Å². The van der Waals surface area contributed by atoms with Crippen LogP contribution in [0, 0.1) is 5.92 Å². The Labute approximate surface area is 135 Å². The summed E-state index contributed by atoms with van der Waals surface area (Å²) in [5, 5.41) is 3.13. The first-order valence-electron chi connectivity index (χ1n) is 8.81. The smallest absolute Gasteiger partial charge is 0.234 e. The molecule has 1 fully saturated rings. The zero-order chi connectivity index (χ0) is 15.6. The lowest BCUT2D eigenvalue weighted by Gasteiger charge is -2.23. The van der Waals surface area contributed by atoms with Crippen LogP contribution in [0.15, 0.2) is 30.3 Å². The molecule has 0 saturated heterocycles. The van der Waals surface area contributed by atoms with E-state index < -0.39 is 0 Å². The summed E-state index contributed by atoms with van der Waals surface area (Å²) in [6.45, 7) is 5.38. The van der Waals surface area contributed by atoms with Crippen LogP contribution in [0.1, 0.15) is 44.6 Å². The molecule has 0 bridgehead atoms. The first-order chi connectivity index (χ1) is 10.8. The molecule has 1 aromatic rings. The summed E-state index contributed by atoms with van der Waals surface area (Å²) in [6.07, 6.45) is 7.60. The molecule has 0 heterocycles. The third-order valence-electron chi connectivity index (χ3n) is 4.69. The number of carbonyl (C=O) groups excluding carboxylic acids is 1. The van der Waals surface area contributed by atoms with E-state index in [0.717, 1.165) is 26.1 Å². The number of nitrogens with one attached hydrogen (secondary N) is 1. The van der Waals surface area contributed by atoms with Gasteiger partial charge in [0.25, 0.3) is 0 Å². The van der Waals surface area contributed by atoms with Gasteiger partial charge in [-0.1, -0.05) is 56.5 Å². The normalized spacial score (nSPS) is 15.9. The van der Waals surface area contributed by atoms with Gasteiger partial charge in [0.15, 0.2) is 0 Å². The van der Waals surface area contributed by atoms with Gasteiger partial charge in [0.2, 0.25) is 5.91 Å². The van der Waals surface area contributed by atoms with Gasteiger partial charge in [-0.05, 0) is 37.3 Å². The van der Waals surface area contributed by atoms with Crippen LogP contribution in [0.5, 0.6) is 0 Å². The molecule has 1 N–H and O–H groups in total. The summed E-state index contributed by atoms with van der Waals surface area (Å²) >= 11 is 0. The van der Waals surface area contributed by atoms with Crippen LogP contribution in [-0.4, -0.2) is 37.0 Å². The van der Waals surface area contributed by atoms with Crippen molar-refractivity contribution < 1.29 is 4.79 Å². The summed E-state index contributed by atoms with van der Waals surface area (Å²) in [4.78, 5) is 14.3. The average molecular weight is 302 g/mol. The van der Waals surface area contributed by atoms with Gasteiger partial charge in [-0.15, -0.1) is 0 Å². The molecule has 3 nitrogen and oxygen atoms in total. The molecule has 2 rings (SSSR count). The Balaban J connectivity index is 1.66. The van der Waals surface area contributed by atoms with Crippen LogP contribution in [0.2, 0.25) is 0 Å². The quantitative estimate of drug-likeness (QED) is 0.799. The van der Waals surface area contributed by atoms with Gasteiger partial charge in [-0.25, -0.2) is 0 Å². The molecule has 1 amide bonds. The van der Waals surface area contributed by atoms with Gasteiger partial charge in [-0.3, -0.25) is 9.69 Å². The van der Waals surface area contributed by atoms with E-state index in [1.807, 2.05) is 6.07 Å². The van der Waals surface area contributed by atoms with E-state index in [-0.39, 0.29) is 5.91 Å². The second kappa shape index (κ2) is 9.62. The monoisotopic (exact) mass is 302 g/mol. The molecule has 3 heteroatoms. The standard InChI is InChI=1S/C19H30N2O/c1-2-21(14-13-17-9-5-3-6-10-17)16-19(22)20-15-18-11-7-4-8-12-18/h3,5-6,9-10,18H,2,4,7-8,11-16H2,1H3,(H,20,22). The van der Waals surface area contributed by atoms with Crippen molar-refractivity contribution >= 4 is 5.91 Å². The van der Waals surface area contributed by atoms with Crippen molar-refractivity contribution in [1.82, 2.24) is 10.2 Å². The number of amides is 1. The zero-order valence-electron chi connectivity index (χ0n) is 13.9. The molecule has 1 aliphatic carbocycles. The molecule has 0 spiro atoms. The molecular weight excluding hydrogens is 272 g/mol. The fraction of sp³-hybridized carbons (Fsp3) is 0.632. The molecule has 0 aromatic heterocycles. The summed E-state index contributed by atoms with van der Waals surface area (Å²) in [6, 6.07) is 10.5. The Morgan fingerprint density at radius 1 is 1.18 bits per heavy atom. The van der Waals surface area contributed by atoms with Crippen LogP contribution in [0.4, 0.5) is 0 Å². The highest BCUT2D eigenvalue weighted by molar-refractivity contribution is 5.78. The Morgan fingerprint density at radius 2 is 1.91 bits per heavy atom. The molecule has 1 saturated carbocycles. The fourth-order valence-corrected chi connectivity index (χ4v) is 3.19. The van der Waals surface area contributed by atoms with Gasteiger partial charge in [0.05, 0.1) is 6.54 Å². The third kappa shape index (κ3) is 6.18. The minimum atomic E-state index is 0.181.